The number of benzene rings is 1. The van der Waals surface area contributed by atoms with Crippen molar-refractivity contribution in [3.05, 3.63) is 65.0 Å². The molecule has 1 heterocycles. The number of hydrogen-bond acceptors (Lipinski definition) is 6. The molecule has 0 aliphatic rings. The monoisotopic (exact) mass is 348 g/mol. The van der Waals surface area contributed by atoms with Gasteiger partial charge >= 0.3 is 5.97 Å². The number of esters is 1. The van der Waals surface area contributed by atoms with E-state index >= 15 is 0 Å². The minimum absolute atomic E-state index is 0.0580. The number of carbonyl (C=O) groups is 2. The van der Waals surface area contributed by atoms with Crippen LogP contribution in [0.4, 0.5) is 8.78 Å². The molecule has 0 radical (unpaired) electrons. The Morgan fingerprint density at radius 2 is 1.72 bits per heavy atom. The van der Waals surface area contributed by atoms with Crippen molar-refractivity contribution in [3.8, 4) is 0 Å². The largest absolute Gasteiger partial charge is 0.464 e. The first-order valence-electron chi connectivity index (χ1n) is 7.08. The number of pyridine rings is 1. The van der Waals surface area contributed by atoms with Gasteiger partial charge in [0.15, 0.2) is 5.71 Å². The lowest BCUT2D eigenvalue weighted by Crippen LogP contribution is -2.21. The molecule has 2 aromatic rings. The van der Waals surface area contributed by atoms with Crippen molar-refractivity contribution < 1.29 is 27.9 Å². The molecule has 0 aliphatic carbocycles. The molecule has 6 nitrogen and oxygen atoms in total. The highest BCUT2D eigenvalue weighted by Crippen LogP contribution is 2.19. The van der Waals surface area contributed by atoms with E-state index in [9.17, 15) is 18.4 Å². The van der Waals surface area contributed by atoms with E-state index in [1.165, 1.54) is 31.4 Å². The van der Waals surface area contributed by atoms with Crippen LogP contribution in [0, 0.1) is 0 Å². The summed E-state index contributed by atoms with van der Waals surface area (Å²) < 4.78 is 30.2. The normalized spacial score (nSPS) is 11.3. The summed E-state index contributed by atoms with van der Waals surface area (Å²) in [6, 6.07) is 9.81. The van der Waals surface area contributed by atoms with E-state index in [-0.39, 0.29) is 22.5 Å². The summed E-state index contributed by atoms with van der Waals surface area (Å²) >= 11 is 0. The number of ketones is 1. The third kappa shape index (κ3) is 4.03. The molecule has 0 atom stereocenters. The summed E-state index contributed by atoms with van der Waals surface area (Å²) in [5.41, 5.74) is -0.707. The molecule has 0 spiro atoms. The zero-order valence-electron chi connectivity index (χ0n) is 13.4. The van der Waals surface area contributed by atoms with Gasteiger partial charge in [0.05, 0.1) is 7.11 Å². The van der Waals surface area contributed by atoms with Crippen LogP contribution in [0.2, 0.25) is 0 Å². The number of aromatic nitrogens is 1. The van der Waals surface area contributed by atoms with E-state index in [0.29, 0.717) is 0 Å². The van der Waals surface area contributed by atoms with Gasteiger partial charge in [-0.2, -0.15) is 0 Å². The minimum atomic E-state index is -2.80. The Morgan fingerprint density at radius 1 is 1.04 bits per heavy atom. The van der Waals surface area contributed by atoms with Crippen LogP contribution in [-0.4, -0.2) is 36.7 Å². The lowest BCUT2D eigenvalue weighted by Gasteiger charge is -2.10. The fourth-order valence-electron chi connectivity index (χ4n) is 2.11. The number of hydrogen-bond donors (Lipinski definition) is 0. The second-order valence-corrected chi connectivity index (χ2v) is 4.74. The minimum Gasteiger partial charge on any atom is -0.464 e. The highest BCUT2D eigenvalue weighted by Gasteiger charge is 2.24. The summed E-state index contributed by atoms with van der Waals surface area (Å²) in [4.78, 5) is 32.9. The maximum absolute atomic E-state index is 12.8. The molecular formula is C17H14F2N2O4. The van der Waals surface area contributed by atoms with Crippen molar-refractivity contribution in [2.24, 2.45) is 5.16 Å². The van der Waals surface area contributed by atoms with E-state index in [4.69, 9.17) is 0 Å². The van der Waals surface area contributed by atoms with Crippen molar-refractivity contribution in [2.45, 2.75) is 6.43 Å². The number of oxime groups is 1. The molecule has 0 amide bonds. The topological polar surface area (TPSA) is 77.9 Å². The summed E-state index contributed by atoms with van der Waals surface area (Å²) in [6.45, 7) is 0. The number of carbonyl (C=O) groups excluding carboxylic acids is 2. The average molecular weight is 348 g/mol. The van der Waals surface area contributed by atoms with Gasteiger partial charge < -0.3 is 9.57 Å². The molecular weight excluding hydrogens is 334 g/mol. The van der Waals surface area contributed by atoms with Crippen LogP contribution < -0.4 is 0 Å². The van der Waals surface area contributed by atoms with Crippen LogP contribution in [0.3, 0.4) is 0 Å². The number of methoxy groups -OCH3 is 1. The average Bonchev–Trinajstić information content (AvgIpc) is 2.65. The molecule has 1 aromatic heterocycles. The predicted octanol–water partition coefficient (Wildman–Crippen LogP) is 2.77. The molecule has 0 N–H and O–H groups in total. The van der Waals surface area contributed by atoms with E-state index < -0.39 is 23.9 Å². The Bertz CT molecular complexity index is 822. The number of rotatable bonds is 6. The summed E-state index contributed by atoms with van der Waals surface area (Å²) in [7, 11) is 2.40. The maximum Gasteiger partial charge on any atom is 0.360 e. The highest BCUT2D eigenvalue weighted by atomic mass is 19.3. The lowest BCUT2D eigenvalue weighted by molar-refractivity contribution is -0.132. The first-order valence-corrected chi connectivity index (χ1v) is 7.08. The lowest BCUT2D eigenvalue weighted by atomic mass is 9.97. The zero-order valence-corrected chi connectivity index (χ0v) is 13.4. The van der Waals surface area contributed by atoms with Gasteiger partial charge in [-0.3, -0.25) is 4.79 Å². The third-order valence-electron chi connectivity index (χ3n) is 3.21. The number of nitrogens with zero attached hydrogens (tertiary/aromatic N) is 2. The SMILES string of the molecule is CON=C(C(=O)OC)c1ccccc1C(=O)c1cccc(C(F)F)n1. The van der Waals surface area contributed by atoms with Crippen LogP contribution in [0.25, 0.3) is 0 Å². The summed E-state index contributed by atoms with van der Waals surface area (Å²) in [6.07, 6.45) is -2.80. The second-order valence-electron chi connectivity index (χ2n) is 4.74. The van der Waals surface area contributed by atoms with Crippen molar-refractivity contribution in [1.29, 1.82) is 0 Å². The Hall–Kier alpha value is -3.16. The first kappa shape index (κ1) is 18.2. The number of halogens is 2. The van der Waals surface area contributed by atoms with Gasteiger partial charge in [-0.25, -0.2) is 18.6 Å². The maximum atomic E-state index is 12.8. The molecule has 1 aromatic carbocycles. The molecule has 25 heavy (non-hydrogen) atoms. The van der Waals surface area contributed by atoms with Crippen LogP contribution >= 0.6 is 0 Å². The van der Waals surface area contributed by atoms with E-state index in [0.717, 1.165) is 13.2 Å². The van der Waals surface area contributed by atoms with Gasteiger partial charge in [-0.15, -0.1) is 0 Å². The second kappa shape index (κ2) is 8.09. The Balaban J connectivity index is 2.53. The fraction of sp³-hybridized carbons (Fsp3) is 0.176. The molecule has 0 saturated carbocycles. The van der Waals surface area contributed by atoms with E-state index in [2.05, 4.69) is 19.7 Å². The number of ether oxygens (including phenoxy) is 1. The fourth-order valence-corrected chi connectivity index (χ4v) is 2.11. The molecule has 8 heteroatoms. The van der Waals surface area contributed by atoms with Gasteiger partial charge in [0.1, 0.15) is 18.5 Å². The summed E-state index contributed by atoms with van der Waals surface area (Å²) in [5.74, 6) is -1.44. The van der Waals surface area contributed by atoms with Crippen molar-refractivity contribution in [3.63, 3.8) is 0 Å². The van der Waals surface area contributed by atoms with Gasteiger partial charge in [-0.1, -0.05) is 35.5 Å². The predicted molar refractivity (Wildman–Crippen MR) is 84.6 cm³/mol. The Kier molecular flexibility index (Phi) is 5.89. The number of alkyl halides is 2. The first-order chi connectivity index (χ1) is 12.0. The van der Waals surface area contributed by atoms with Crippen molar-refractivity contribution in [2.75, 3.05) is 14.2 Å². The van der Waals surface area contributed by atoms with Crippen LogP contribution in [0.5, 0.6) is 0 Å². The quantitative estimate of drug-likeness (QED) is 0.347. The Labute approximate surface area is 142 Å². The standard InChI is InChI=1S/C17H14F2N2O4/c1-24-17(23)14(21-25-2)10-6-3-4-7-11(10)15(22)12-8-5-9-13(20-12)16(18)19/h3-9,16H,1-2H3. The van der Waals surface area contributed by atoms with Gasteiger partial charge in [-0.05, 0) is 12.1 Å². The molecule has 0 bridgehead atoms. The summed E-state index contributed by atoms with van der Waals surface area (Å²) in [5, 5.41) is 3.60. The molecule has 0 aliphatic heterocycles. The van der Waals surface area contributed by atoms with Crippen LogP contribution in [0.1, 0.15) is 33.7 Å². The molecule has 0 saturated heterocycles. The Morgan fingerprint density at radius 3 is 2.32 bits per heavy atom. The van der Waals surface area contributed by atoms with Crippen LogP contribution in [-0.2, 0) is 14.4 Å². The smallest absolute Gasteiger partial charge is 0.360 e. The third-order valence-corrected chi connectivity index (χ3v) is 3.21. The van der Waals surface area contributed by atoms with Gasteiger partial charge in [0, 0.05) is 11.1 Å². The van der Waals surface area contributed by atoms with Crippen molar-refractivity contribution in [1.82, 2.24) is 4.98 Å². The van der Waals surface area contributed by atoms with Gasteiger partial charge in [0.2, 0.25) is 5.78 Å². The van der Waals surface area contributed by atoms with Crippen LogP contribution in [0.15, 0.2) is 47.6 Å². The van der Waals surface area contributed by atoms with Gasteiger partial charge in [0.25, 0.3) is 6.43 Å². The molecule has 130 valence electrons. The highest BCUT2D eigenvalue weighted by molar-refractivity contribution is 6.44. The van der Waals surface area contributed by atoms with E-state index in [1.54, 1.807) is 12.1 Å². The van der Waals surface area contributed by atoms with Crippen molar-refractivity contribution >= 4 is 17.5 Å². The zero-order chi connectivity index (χ0) is 18.4. The molecule has 0 fully saturated rings. The van der Waals surface area contributed by atoms with E-state index in [1.807, 2.05) is 0 Å². The molecule has 0 unspecified atom stereocenters. The molecule has 2 rings (SSSR count).